The molecule has 2 aliphatic heterocycles. The molecule has 7 nitrogen and oxygen atoms in total. The lowest BCUT2D eigenvalue weighted by molar-refractivity contribution is -0.128. The van der Waals surface area contributed by atoms with Crippen molar-refractivity contribution in [3.63, 3.8) is 0 Å². The molecule has 7 heteroatoms. The number of likely N-dealkylation sites (N-methyl/N-ethyl adjacent to an activating group) is 1. The lowest BCUT2D eigenvalue weighted by Crippen LogP contribution is -2.39. The summed E-state index contributed by atoms with van der Waals surface area (Å²) in [5, 5.41) is 1.21. The standard InChI is InChI=1S/C31H31N3O4/c1-33(2)16-17-36-23-7-5-6-21(18-23)10-13-29(35)34-15-14-25-24-8-3-4-9-26(24)32-30(25)31(34)22-11-12-27-28(19-22)38-20-37-27/h3-13,18-19,31-32H,14-17,20H2,1-2H3. The van der Waals surface area contributed by atoms with E-state index in [-0.39, 0.29) is 18.7 Å². The molecule has 0 aliphatic carbocycles. The van der Waals surface area contributed by atoms with Gasteiger partial charge in [0.15, 0.2) is 11.5 Å². The van der Waals surface area contributed by atoms with Crippen molar-refractivity contribution in [2.24, 2.45) is 0 Å². The molecule has 6 rings (SSSR count). The summed E-state index contributed by atoms with van der Waals surface area (Å²) in [6.07, 6.45) is 4.31. The maximum atomic E-state index is 13.7. The Morgan fingerprint density at radius 3 is 2.84 bits per heavy atom. The number of aromatic amines is 1. The van der Waals surface area contributed by atoms with Crippen molar-refractivity contribution in [2.45, 2.75) is 12.5 Å². The Morgan fingerprint density at radius 1 is 1.08 bits per heavy atom. The zero-order valence-corrected chi connectivity index (χ0v) is 21.6. The van der Waals surface area contributed by atoms with Gasteiger partial charge in [0, 0.05) is 35.8 Å². The van der Waals surface area contributed by atoms with E-state index in [0.717, 1.165) is 46.8 Å². The van der Waals surface area contributed by atoms with Gasteiger partial charge in [-0.3, -0.25) is 4.79 Å². The molecule has 0 spiro atoms. The number of rotatable bonds is 7. The molecule has 0 saturated heterocycles. The summed E-state index contributed by atoms with van der Waals surface area (Å²) in [4.78, 5) is 21.3. The second-order valence-corrected chi connectivity index (χ2v) is 9.92. The maximum Gasteiger partial charge on any atom is 0.247 e. The molecule has 1 aromatic heterocycles. The number of nitrogens with zero attached hydrogens (tertiary/aromatic N) is 2. The van der Waals surface area contributed by atoms with Crippen LogP contribution in [0.5, 0.6) is 17.2 Å². The molecule has 2 aliphatic rings. The van der Waals surface area contributed by atoms with E-state index in [1.54, 1.807) is 6.08 Å². The van der Waals surface area contributed by atoms with Crippen molar-refractivity contribution >= 4 is 22.9 Å². The zero-order valence-electron chi connectivity index (χ0n) is 21.6. The number of carbonyl (C=O) groups is 1. The highest BCUT2D eigenvalue weighted by Crippen LogP contribution is 2.42. The van der Waals surface area contributed by atoms with Gasteiger partial charge < -0.3 is 29.0 Å². The van der Waals surface area contributed by atoms with Crippen LogP contribution in [0.3, 0.4) is 0 Å². The van der Waals surface area contributed by atoms with E-state index in [9.17, 15) is 4.79 Å². The molecule has 4 aromatic rings. The number of amides is 1. The van der Waals surface area contributed by atoms with Crippen molar-refractivity contribution in [3.8, 4) is 17.2 Å². The van der Waals surface area contributed by atoms with Gasteiger partial charge in [0.1, 0.15) is 12.4 Å². The molecule has 0 fully saturated rings. The van der Waals surface area contributed by atoms with Gasteiger partial charge in [-0.1, -0.05) is 36.4 Å². The summed E-state index contributed by atoms with van der Waals surface area (Å²) >= 11 is 0. The topological polar surface area (TPSA) is 67.0 Å². The summed E-state index contributed by atoms with van der Waals surface area (Å²) in [5.41, 5.74) is 5.30. The van der Waals surface area contributed by atoms with Crippen LogP contribution in [0.4, 0.5) is 0 Å². The molecule has 0 radical (unpaired) electrons. The number of aromatic nitrogens is 1. The Kier molecular flexibility index (Phi) is 6.52. The minimum Gasteiger partial charge on any atom is -0.492 e. The van der Waals surface area contributed by atoms with Gasteiger partial charge in [-0.15, -0.1) is 0 Å². The van der Waals surface area contributed by atoms with Crippen molar-refractivity contribution < 1.29 is 19.0 Å². The first kappa shape index (κ1) is 24.1. The Morgan fingerprint density at radius 2 is 1.95 bits per heavy atom. The van der Waals surface area contributed by atoms with Crippen molar-refractivity contribution in [1.29, 1.82) is 0 Å². The normalized spacial score (nSPS) is 16.4. The van der Waals surface area contributed by atoms with Crippen LogP contribution < -0.4 is 14.2 Å². The first-order valence-electron chi connectivity index (χ1n) is 12.9. The second-order valence-electron chi connectivity index (χ2n) is 9.92. The van der Waals surface area contributed by atoms with Crippen LogP contribution in [0, 0.1) is 0 Å². The molecule has 1 unspecified atom stereocenters. The third kappa shape index (κ3) is 4.73. The molecular formula is C31H31N3O4. The molecular weight excluding hydrogens is 478 g/mol. The minimum atomic E-state index is -0.265. The van der Waals surface area contributed by atoms with Gasteiger partial charge in [-0.2, -0.15) is 0 Å². The third-order valence-electron chi connectivity index (χ3n) is 7.11. The van der Waals surface area contributed by atoms with Crippen LogP contribution in [0.2, 0.25) is 0 Å². The Hall–Kier alpha value is -4.23. The summed E-state index contributed by atoms with van der Waals surface area (Å²) in [5.74, 6) is 2.18. The van der Waals surface area contributed by atoms with Crippen LogP contribution in [0.25, 0.3) is 17.0 Å². The van der Waals surface area contributed by atoms with Gasteiger partial charge in [-0.05, 0) is 73.6 Å². The number of hydrogen-bond acceptors (Lipinski definition) is 5. The lowest BCUT2D eigenvalue weighted by Gasteiger charge is -2.35. The number of ether oxygens (including phenoxy) is 3. The fraction of sp³-hybridized carbons (Fsp3) is 0.258. The van der Waals surface area contributed by atoms with Gasteiger partial charge in [0.05, 0.1) is 6.04 Å². The Bertz CT molecular complexity index is 1510. The molecule has 3 aromatic carbocycles. The van der Waals surface area contributed by atoms with E-state index in [2.05, 4.69) is 28.1 Å². The quantitative estimate of drug-likeness (QED) is 0.354. The van der Waals surface area contributed by atoms with Crippen molar-refractivity contribution in [1.82, 2.24) is 14.8 Å². The number of H-pyrrole nitrogens is 1. The first-order chi connectivity index (χ1) is 18.6. The highest BCUT2D eigenvalue weighted by Gasteiger charge is 2.34. The molecule has 38 heavy (non-hydrogen) atoms. The summed E-state index contributed by atoms with van der Waals surface area (Å²) in [6.45, 7) is 2.27. The van der Waals surface area contributed by atoms with Gasteiger partial charge in [0.25, 0.3) is 0 Å². The molecule has 1 N–H and O–H groups in total. The second kappa shape index (κ2) is 10.3. The van der Waals surface area contributed by atoms with E-state index in [1.165, 1.54) is 10.9 Å². The smallest absolute Gasteiger partial charge is 0.247 e. The number of hydrogen-bond donors (Lipinski definition) is 1. The van der Waals surface area contributed by atoms with Crippen LogP contribution in [-0.2, 0) is 11.2 Å². The maximum absolute atomic E-state index is 13.7. The molecule has 0 saturated carbocycles. The number of carbonyl (C=O) groups excluding carboxylic acids is 1. The minimum absolute atomic E-state index is 0.0455. The molecule has 1 amide bonds. The SMILES string of the molecule is CN(C)CCOc1cccc(C=CC(=O)N2CCc3c([nH]c4ccccc34)C2c2ccc3c(c2)OCO3)c1. The van der Waals surface area contributed by atoms with Gasteiger partial charge >= 0.3 is 0 Å². The van der Waals surface area contributed by atoms with Crippen LogP contribution in [-0.4, -0.2) is 61.3 Å². The van der Waals surface area contributed by atoms with Crippen LogP contribution >= 0.6 is 0 Å². The largest absolute Gasteiger partial charge is 0.492 e. The van der Waals surface area contributed by atoms with E-state index < -0.39 is 0 Å². The first-order valence-corrected chi connectivity index (χ1v) is 12.9. The van der Waals surface area contributed by atoms with Crippen LogP contribution in [0.15, 0.2) is 72.8 Å². The number of nitrogens with one attached hydrogen (secondary N) is 1. The van der Waals surface area contributed by atoms with Gasteiger partial charge in [0.2, 0.25) is 12.7 Å². The predicted octanol–water partition coefficient (Wildman–Crippen LogP) is 5.02. The Balaban J connectivity index is 1.30. The summed E-state index contributed by atoms with van der Waals surface area (Å²) in [6, 6.07) is 21.8. The van der Waals surface area contributed by atoms with Crippen molar-refractivity contribution in [3.05, 3.63) is 95.2 Å². The Labute approximate surface area is 222 Å². The molecule has 3 heterocycles. The molecule has 194 valence electrons. The van der Waals surface area contributed by atoms with E-state index in [1.807, 2.05) is 73.6 Å². The third-order valence-corrected chi connectivity index (χ3v) is 7.11. The highest BCUT2D eigenvalue weighted by atomic mass is 16.7. The number of fused-ring (bicyclic) bond motifs is 4. The molecule has 0 bridgehead atoms. The zero-order chi connectivity index (χ0) is 26.1. The van der Waals surface area contributed by atoms with Crippen molar-refractivity contribution in [2.75, 3.05) is 40.6 Å². The number of para-hydroxylation sites is 1. The van der Waals surface area contributed by atoms with Gasteiger partial charge in [-0.25, -0.2) is 0 Å². The predicted molar refractivity (Wildman–Crippen MR) is 148 cm³/mol. The fourth-order valence-corrected chi connectivity index (χ4v) is 5.23. The fourth-order valence-electron chi connectivity index (χ4n) is 5.23. The lowest BCUT2D eigenvalue weighted by atomic mass is 9.92. The average molecular weight is 510 g/mol. The average Bonchev–Trinajstić information content (AvgIpc) is 3.55. The number of benzene rings is 3. The van der Waals surface area contributed by atoms with E-state index in [4.69, 9.17) is 14.2 Å². The monoisotopic (exact) mass is 509 g/mol. The highest BCUT2D eigenvalue weighted by molar-refractivity contribution is 5.93. The van der Waals surface area contributed by atoms with Crippen LogP contribution in [0.1, 0.15) is 28.4 Å². The van der Waals surface area contributed by atoms with E-state index in [0.29, 0.717) is 18.9 Å². The molecule has 1 atom stereocenters. The van der Waals surface area contributed by atoms with E-state index >= 15 is 0 Å². The summed E-state index contributed by atoms with van der Waals surface area (Å²) < 4.78 is 17.1. The summed E-state index contributed by atoms with van der Waals surface area (Å²) in [7, 11) is 4.04.